The zero-order valence-corrected chi connectivity index (χ0v) is 18.8. The predicted octanol–water partition coefficient (Wildman–Crippen LogP) is 7.30. The summed E-state index contributed by atoms with van der Waals surface area (Å²) in [6.07, 6.45) is 2.29. The molecule has 0 aromatic heterocycles. The molecular formula is C27H34O2. The Kier molecular flexibility index (Phi) is 6.03. The average molecular weight is 391 g/mol. The Labute approximate surface area is 175 Å². The fourth-order valence-electron chi connectivity index (χ4n) is 3.94. The quantitative estimate of drug-likeness (QED) is 0.326. The molecule has 3 aromatic carbocycles. The van der Waals surface area contributed by atoms with E-state index in [4.69, 9.17) is 4.74 Å². The molecule has 0 radical (unpaired) electrons. The molecule has 29 heavy (non-hydrogen) atoms. The third kappa shape index (κ3) is 4.98. The van der Waals surface area contributed by atoms with Crippen LogP contribution in [-0.4, -0.2) is 12.6 Å². The second-order valence-corrected chi connectivity index (χ2v) is 9.77. The van der Waals surface area contributed by atoms with Crippen LogP contribution in [0.2, 0.25) is 0 Å². The first-order chi connectivity index (χ1) is 13.6. The summed E-state index contributed by atoms with van der Waals surface area (Å²) in [5.74, 6) is -0.0945. The third-order valence-electron chi connectivity index (χ3n) is 5.93. The van der Waals surface area contributed by atoms with E-state index in [0.29, 0.717) is 13.0 Å². The highest BCUT2D eigenvalue weighted by Crippen LogP contribution is 2.34. The fourth-order valence-corrected chi connectivity index (χ4v) is 3.94. The Morgan fingerprint density at radius 3 is 1.93 bits per heavy atom. The number of esters is 1. The highest BCUT2D eigenvalue weighted by molar-refractivity contribution is 5.98. The maximum Gasteiger partial charge on any atom is 0.305 e. The molecule has 0 saturated carbocycles. The summed E-state index contributed by atoms with van der Waals surface area (Å²) < 4.78 is 5.06. The van der Waals surface area contributed by atoms with Gasteiger partial charge in [0.1, 0.15) is 0 Å². The van der Waals surface area contributed by atoms with Crippen molar-refractivity contribution in [3.8, 4) is 0 Å². The number of rotatable bonds is 6. The van der Waals surface area contributed by atoms with Crippen LogP contribution in [0.5, 0.6) is 0 Å². The minimum absolute atomic E-state index is 0.0168. The molecule has 154 valence electrons. The minimum Gasteiger partial charge on any atom is -0.466 e. The van der Waals surface area contributed by atoms with Gasteiger partial charge in [-0.2, -0.15) is 0 Å². The lowest BCUT2D eigenvalue weighted by Gasteiger charge is -2.26. The Morgan fingerprint density at radius 1 is 0.793 bits per heavy atom. The van der Waals surface area contributed by atoms with Crippen molar-refractivity contribution in [2.45, 2.75) is 71.6 Å². The van der Waals surface area contributed by atoms with Crippen molar-refractivity contribution in [2.24, 2.45) is 0 Å². The number of fused-ring (bicyclic) bond motifs is 2. The summed E-state index contributed by atoms with van der Waals surface area (Å²) in [4.78, 5) is 11.6. The van der Waals surface area contributed by atoms with Gasteiger partial charge >= 0.3 is 5.97 Å². The van der Waals surface area contributed by atoms with E-state index in [-0.39, 0.29) is 16.8 Å². The Bertz CT molecular complexity index is 1020. The van der Waals surface area contributed by atoms with E-state index in [1.54, 1.807) is 0 Å². The first-order valence-corrected chi connectivity index (χ1v) is 10.7. The molecule has 3 aromatic rings. The van der Waals surface area contributed by atoms with E-state index >= 15 is 0 Å². The van der Waals surface area contributed by atoms with Gasteiger partial charge in [0.05, 0.1) is 6.61 Å². The van der Waals surface area contributed by atoms with Crippen molar-refractivity contribution >= 4 is 27.5 Å². The Hall–Kier alpha value is -2.35. The second kappa shape index (κ2) is 8.18. The monoisotopic (exact) mass is 390 g/mol. The van der Waals surface area contributed by atoms with Crippen molar-refractivity contribution in [2.75, 3.05) is 6.61 Å². The SMILES string of the molecule is CCOC(=O)CCCC(C)(C)c1ccc2cc3ccc(C(C)(C)C)cc3cc2c1. The van der Waals surface area contributed by atoms with Crippen LogP contribution in [0.4, 0.5) is 0 Å². The van der Waals surface area contributed by atoms with Gasteiger partial charge in [-0.3, -0.25) is 4.79 Å². The van der Waals surface area contributed by atoms with Crippen LogP contribution in [0.15, 0.2) is 48.5 Å². The van der Waals surface area contributed by atoms with Gasteiger partial charge in [-0.1, -0.05) is 71.0 Å². The highest BCUT2D eigenvalue weighted by atomic mass is 16.5. The first kappa shape index (κ1) is 21.4. The number of benzene rings is 3. The minimum atomic E-state index is -0.0945. The normalized spacial score (nSPS) is 12.5. The average Bonchev–Trinajstić information content (AvgIpc) is 2.64. The summed E-state index contributed by atoms with van der Waals surface area (Å²) in [6, 6.07) is 18.2. The molecular weight excluding hydrogens is 356 g/mol. The lowest BCUT2D eigenvalue weighted by Crippen LogP contribution is -2.17. The molecule has 0 aliphatic carbocycles. The van der Waals surface area contributed by atoms with Crippen molar-refractivity contribution < 1.29 is 9.53 Å². The number of hydrogen-bond acceptors (Lipinski definition) is 2. The lowest BCUT2D eigenvalue weighted by molar-refractivity contribution is -0.143. The summed E-state index contributed by atoms with van der Waals surface area (Å²) in [6.45, 7) is 13.6. The molecule has 0 heterocycles. The topological polar surface area (TPSA) is 26.3 Å². The molecule has 0 bridgehead atoms. The summed E-state index contributed by atoms with van der Waals surface area (Å²) in [5, 5.41) is 5.13. The fraction of sp³-hybridized carbons (Fsp3) is 0.444. The highest BCUT2D eigenvalue weighted by Gasteiger charge is 2.21. The van der Waals surface area contributed by atoms with E-state index in [1.807, 2.05) is 6.92 Å². The molecule has 0 amide bonds. The van der Waals surface area contributed by atoms with Gasteiger partial charge < -0.3 is 4.74 Å². The summed E-state index contributed by atoms with van der Waals surface area (Å²) in [5.41, 5.74) is 2.84. The molecule has 0 fully saturated rings. The predicted molar refractivity (Wildman–Crippen MR) is 124 cm³/mol. The maximum absolute atomic E-state index is 11.6. The van der Waals surface area contributed by atoms with Gasteiger partial charge in [-0.25, -0.2) is 0 Å². The van der Waals surface area contributed by atoms with Gasteiger partial charge in [-0.05, 0) is 75.4 Å². The Balaban J connectivity index is 1.89. The third-order valence-corrected chi connectivity index (χ3v) is 5.93. The van der Waals surface area contributed by atoms with Crippen LogP contribution in [0.1, 0.15) is 71.9 Å². The first-order valence-electron chi connectivity index (χ1n) is 10.7. The van der Waals surface area contributed by atoms with Crippen LogP contribution in [-0.2, 0) is 20.4 Å². The molecule has 2 nitrogen and oxygen atoms in total. The summed E-state index contributed by atoms with van der Waals surface area (Å²) >= 11 is 0. The van der Waals surface area contributed by atoms with E-state index in [9.17, 15) is 4.79 Å². The maximum atomic E-state index is 11.6. The van der Waals surface area contributed by atoms with Crippen LogP contribution in [0.3, 0.4) is 0 Å². The second-order valence-electron chi connectivity index (χ2n) is 9.77. The van der Waals surface area contributed by atoms with Gasteiger partial charge in [0, 0.05) is 6.42 Å². The molecule has 2 heteroatoms. The smallest absolute Gasteiger partial charge is 0.305 e. The van der Waals surface area contributed by atoms with Crippen molar-refractivity contribution in [3.05, 3.63) is 59.7 Å². The van der Waals surface area contributed by atoms with E-state index in [2.05, 4.69) is 83.1 Å². The van der Waals surface area contributed by atoms with Gasteiger partial charge in [0.25, 0.3) is 0 Å². The Morgan fingerprint density at radius 2 is 1.34 bits per heavy atom. The number of hydrogen-bond donors (Lipinski definition) is 0. The van der Waals surface area contributed by atoms with Gasteiger partial charge in [0.15, 0.2) is 0 Å². The van der Waals surface area contributed by atoms with Crippen LogP contribution < -0.4 is 0 Å². The zero-order chi connectivity index (χ0) is 21.2. The molecule has 0 aliphatic rings. The molecule has 0 N–H and O–H groups in total. The van der Waals surface area contributed by atoms with Crippen molar-refractivity contribution in [3.63, 3.8) is 0 Å². The van der Waals surface area contributed by atoms with Gasteiger partial charge in [0.2, 0.25) is 0 Å². The molecule has 0 unspecified atom stereocenters. The van der Waals surface area contributed by atoms with E-state index < -0.39 is 0 Å². The summed E-state index contributed by atoms with van der Waals surface area (Å²) in [7, 11) is 0. The molecule has 0 saturated heterocycles. The van der Waals surface area contributed by atoms with Gasteiger partial charge in [-0.15, -0.1) is 0 Å². The largest absolute Gasteiger partial charge is 0.466 e. The number of carbonyl (C=O) groups is 1. The van der Waals surface area contributed by atoms with Crippen LogP contribution >= 0.6 is 0 Å². The molecule has 3 rings (SSSR count). The van der Waals surface area contributed by atoms with Crippen LogP contribution in [0.25, 0.3) is 21.5 Å². The van der Waals surface area contributed by atoms with E-state index in [1.165, 1.54) is 32.7 Å². The lowest BCUT2D eigenvalue weighted by atomic mass is 9.79. The van der Waals surface area contributed by atoms with Crippen LogP contribution in [0, 0.1) is 0 Å². The number of carbonyl (C=O) groups excluding carboxylic acids is 1. The molecule has 0 aliphatic heterocycles. The van der Waals surface area contributed by atoms with Crippen molar-refractivity contribution in [1.29, 1.82) is 0 Å². The zero-order valence-electron chi connectivity index (χ0n) is 18.8. The standard InChI is InChI=1S/C27H34O2/c1-7-29-25(28)9-8-14-27(5,6)24-13-11-20-15-19-10-12-23(26(2,3)4)17-21(19)16-22(20)18-24/h10-13,15-18H,7-9,14H2,1-6H3. The molecule has 0 atom stereocenters. The van der Waals surface area contributed by atoms with Crippen molar-refractivity contribution in [1.82, 2.24) is 0 Å². The number of ether oxygens (including phenoxy) is 1. The molecule has 0 spiro atoms. The van der Waals surface area contributed by atoms with E-state index in [0.717, 1.165) is 12.8 Å².